The van der Waals surface area contributed by atoms with Crippen LogP contribution in [0.2, 0.25) is 0 Å². The van der Waals surface area contributed by atoms with Gasteiger partial charge in [0, 0.05) is 9.79 Å². The van der Waals surface area contributed by atoms with E-state index in [1.165, 1.54) is 24.3 Å². The summed E-state index contributed by atoms with van der Waals surface area (Å²) in [6.45, 7) is 1.65. The minimum absolute atomic E-state index is 0.00251. The summed E-state index contributed by atoms with van der Waals surface area (Å²) in [5.74, 6) is -1.47. The number of carbonyl (C=O) groups is 2. The molecule has 0 unspecified atom stereocenters. The summed E-state index contributed by atoms with van der Waals surface area (Å²) < 4.78 is 52.9. The molecule has 2 aliphatic rings. The van der Waals surface area contributed by atoms with Gasteiger partial charge in [0.05, 0.1) is 11.1 Å². The molecule has 8 nitrogen and oxygen atoms in total. The number of sulfonamides is 2. The summed E-state index contributed by atoms with van der Waals surface area (Å²) in [6, 6.07) is 7.37. The minimum Gasteiger partial charge on any atom is -0.268 e. The Morgan fingerprint density at radius 2 is 1.38 bits per heavy atom. The summed E-state index contributed by atoms with van der Waals surface area (Å²) >= 11 is 0.891. The molecule has 2 amide bonds. The summed E-state index contributed by atoms with van der Waals surface area (Å²) in [4.78, 5) is 23.8. The maximum atomic E-state index is 12.3. The number of amides is 2. The van der Waals surface area contributed by atoms with Gasteiger partial charge in [-0.2, -0.15) is 0 Å². The molecule has 0 atom stereocenters. The van der Waals surface area contributed by atoms with Gasteiger partial charge in [0.15, 0.2) is 0 Å². The maximum absolute atomic E-state index is 12.3. The molecule has 2 aromatic carbocycles. The second-order valence-corrected chi connectivity index (χ2v) is 9.98. The highest BCUT2D eigenvalue weighted by atomic mass is 32.2. The number of carbonyl (C=O) groups excluding carboxylic acids is 2. The first kappa shape index (κ1) is 17.1. The van der Waals surface area contributed by atoms with Crippen LogP contribution in [0, 0.1) is 6.92 Å². The standard InChI is InChI=1S/C15H10N2O6S3/c1-7-5-6-9-13(26(22,23)17-15(9)19)11(7)24-10-4-2-3-8-12(10)25(20,21)16-14(8)18/h2-6H,1H3,(H,16,18)(H,17,19). The molecule has 0 bridgehead atoms. The monoisotopic (exact) mass is 410 g/mol. The zero-order valence-corrected chi connectivity index (χ0v) is 15.5. The lowest BCUT2D eigenvalue weighted by Gasteiger charge is -2.11. The third kappa shape index (κ3) is 2.35. The van der Waals surface area contributed by atoms with E-state index in [1.807, 2.05) is 9.44 Å². The smallest absolute Gasteiger partial charge is 0.266 e. The lowest BCUT2D eigenvalue weighted by atomic mass is 10.1. The number of benzene rings is 2. The van der Waals surface area contributed by atoms with Crippen LogP contribution in [0.1, 0.15) is 26.3 Å². The molecular weight excluding hydrogens is 400 g/mol. The van der Waals surface area contributed by atoms with Gasteiger partial charge in [0.2, 0.25) is 0 Å². The fourth-order valence-electron chi connectivity index (χ4n) is 2.85. The van der Waals surface area contributed by atoms with E-state index >= 15 is 0 Å². The van der Waals surface area contributed by atoms with Crippen LogP contribution >= 0.6 is 11.8 Å². The van der Waals surface area contributed by atoms with Gasteiger partial charge < -0.3 is 0 Å². The molecule has 2 heterocycles. The highest BCUT2D eigenvalue weighted by Gasteiger charge is 2.38. The molecule has 2 aromatic rings. The van der Waals surface area contributed by atoms with E-state index in [-0.39, 0.29) is 30.7 Å². The molecule has 2 N–H and O–H groups in total. The first-order chi connectivity index (χ1) is 12.1. The topological polar surface area (TPSA) is 126 Å². The van der Waals surface area contributed by atoms with E-state index in [4.69, 9.17) is 0 Å². The van der Waals surface area contributed by atoms with Gasteiger partial charge in [0.1, 0.15) is 9.79 Å². The van der Waals surface area contributed by atoms with Gasteiger partial charge in [-0.05, 0) is 30.7 Å². The minimum atomic E-state index is -4.03. The van der Waals surface area contributed by atoms with Crippen LogP contribution in [0.5, 0.6) is 0 Å². The number of fused-ring (bicyclic) bond motifs is 2. The molecule has 0 saturated heterocycles. The molecule has 26 heavy (non-hydrogen) atoms. The zero-order chi connectivity index (χ0) is 18.9. The van der Waals surface area contributed by atoms with Crippen LogP contribution in [0.15, 0.2) is 49.9 Å². The van der Waals surface area contributed by atoms with Gasteiger partial charge in [-0.15, -0.1) is 0 Å². The molecule has 11 heteroatoms. The Kier molecular flexibility index (Phi) is 3.49. The zero-order valence-electron chi connectivity index (χ0n) is 13.1. The van der Waals surface area contributed by atoms with Crippen LogP contribution in [-0.4, -0.2) is 28.6 Å². The van der Waals surface area contributed by atoms with Crippen molar-refractivity contribution in [1.29, 1.82) is 0 Å². The summed E-state index contributed by atoms with van der Waals surface area (Å²) in [5, 5.41) is 0. The fraction of sp³-hybridized carbons (Fsp3) is 0.0667. The molecule has 0 fully saturated rings. The fourth-order valence-corrected chi connectivity index (χ4v) is 7.31. The van der Waals surface area contributed by atoms with E-state index in [2.05, 4.69) is 0 Å². The maximum Gasteiger partial charge on any atom is 0.266 e. The molecule has 0 aliphatic carbocycles. The summed E-state index contributed by atoms with van der Waals surface area (Å²) in [6.07, 6.45) is 0. The molecule has 134 valence electrons. The van der Waals surface area contributed by atoms with Crippen LogP contribution in [-0.2, 0) is 20.0 Å². The normalized spacial score (nSPS) is 18.8. The molecule has 0 spiro atoms. The quantitative estimate of drug-likeness (QED) is 0.756. The van der Waals surface area contributed by atoms with Crippen molar-refractivity contribution in [3.63, 3.8) is 0 Å². The number of rotatable bonds is 2. The number of hydrogen-bond donors (Lipinski definition) is 2. The van der Waals surface area contributed by atoms with Crippen molar-refractivity contribution in [2.75, 3.05) is 0 Å². The van der Waals surface area contributed by atoms with Crippen molar-refractivity contribution in [2.24, 2.45) is 0 Å². The third-order valence-electron chi connectivity index (χ3n) is 3.98. The molecule has 0 saturated carbocycles. The molecule has 0 radical (unpaired) electrons. The van der Waals surface area contributed by atoms with Crippen LogP contribution in [0.4, 0.5) is 0 Å². The Labute approximate surface area is 153 Å². The van der Waals surface area contributed by atoms with E-state index in [0.29, 0.717) is 5.56 Å². The van der Waals surface area contributed by atoms with E-state index < -0.39 is 31.9 Å². The largest absolute Gasteiger partial charge is 0.268 e. The van der Waals surface area contributed by atoms with Crippen LogP contribution in [0.25, 0.3) is 0 Å². The Morgan fingerprint density at radius 1 is 0.808 bits per heavy atom. The van der Waals surface area contributed by atoms with Crippen molar-refractivity contribution in [1.82, 2.24) is 9.44 Å². The second kappa shape index (κ2) is 5.32. The van der Waals surface area contributed by atoms with Crippen molar-refractivity contribution >= 4 is 43.6 Å². The average molecular weight is 410 g/mol. The number of aryl methyl sites for hydroxylation is 1. The molecule has 2 aliphatic heterocycles. The van der Waals surface area contributed by atoms with Gasteiger partial charge in [-0.25, -0.2) is 26.3 Å². The predicted octanol–water partition coefficient (Wildman–Crippen LogP) is 1.01. The van der Waals surface area contributed by atoms with Crippen LogP contribution in [0.3, 0.4) is 0 Å². The van der Waals surface area contributed by atoms with E-state index in [0.717, 1.165) is 11.8 Å². The Morgan fingerprint density at radius 3 is 2.04 bits per heavy atom. The third-order valence-corrected chi connectivity index (χ3v) is 8.38. The van der Waals surface area contributed by atoms with Crippen molar-refractivity contribution in [3.8, 4) is 0 Å². The highest BCUT2D eigenvalue weighted by Crippen LogP contribution is 2.43. The molecular formula is C15H10N2O6S3. The first-order valence-electron chi connectivity index (χ1n) is 7.20. The second-order valence-electron chi connectivity index (χ2n) is 5.69. The van der Waals surface area contributed by atoms with Crippen LogP contribution < -0.4 is 9.44 Å². The lowest BCUT2D eigenvalue weighted by Crippen LogP contribution is -2.21. The molecule has 4 rings (SSSR count). The highest BCUT2D eigenvalue weighted by molar-refractivity contribution is 8.01. The number of nitrogens with one attached hydrogen (secondary N) is 2. The first-order valence-corrected chi connectivity index (χ1v) is 11.0. The van der Waals surface area contributed by atoms with Crippen molar-refractivity contribution in [3.05, 3.63) is 47.0 Å². The SMILES string of the molecule is Cc1ccc2c(c1Sc1cccc3c1S(=O)(=O)NC3=O)S(=O)(=O)NC2=O. The summed E-state index contributed by atoms with van der Waals surface area (Å²) in [7, 11) is -8.06. The summed E-state index contributed by atoms with van der Waals surface area (Å²) in [5.41, 5.74) is 0.557. The Balaban J connectivity index is 1.96. The Bertz CT molecular complexity index is 1230. The van der Waals surface area contributed by atoms with Gasteiger partial charge >= 0.3 is 0 Å². The average Bonchev–Trinajstić information content (AvgIpc) is 2.92. The van der Waals surface area contributed by atoms with Crippen molar-refractivity contribution < 1.29 is 26.4 Å². The van der Waals surface area contributed by atoms with Crippen molar-refractivity contribution in [2.45, 2.75) is 26.5 Å². The van der Waals surface area contributed by atoms with E-state index in [9.17, 15) is 26.4 Å². The predicted molar refractivity (Wildman–Crippen MR) is 91.0 cm³/mol. The van der Waals surface area contributed by atoms with Gasteiger partial charge in [0.25, 0.3) is 31.9 Å². The Hall–Kier alpha value is -2.37. The van der Waals surface area contributed by atoms with Gasteiger partial charge in [-0.3, -0.25) is 9.59 Å². The number of hydrogen-bond acceptors (Lipinski definition) is 7. The van der Waals surface area contributed by atoms with Gasteiger partial charge in [-0.1, -0.05) is 23.9 Å². The van der Waals surface area contributed by atoms with E-state index in [1.54, 1.807) is 13.0 Å². The lowest BCUT2D eigenvalue weighted by molar-refractivity contribution is 0.0976. The molecule has 0 aromatic heterocycles.